The third-order valence-electron chi connectivity index (χ3n) is 2.33. The van der Waals surface area contributed by atoms with Crippen molar-refractivity contribution >= 4 is 30.5 Å². The van der Waals surface area contributed by atoms with Gasteiger partial charge in [0.15, 0.2) is 0 Å². The standard InChI is InChI=1S/C12H13NO5S/c1-18-12(17)8-4-2-3-7(5-8)10(14)13-9(6-19)11(15)16/h2-5,9,19H,6H2,1H3,(H,13,14)(H,15,16). The highest BCUT2D eigenvalue weighted by atomic mass is 32.1. The summed E-state index contributed by atoms with van der Waals surface area (Å²) in [6.45, 7) is 0. The predicted molar refractivity (Wildman–Crippen MR) is 70.5 cm³/mol. The maximum atomic E-state index is 11.8. The first-order valence-corrected chi connectivity index (χ1v) is 5.95. The van der Waals surface area contributed by atoms with Gasteiger partial charge in [0.05, 0.1) is 12.7 Å². The lowest BCUT2D eigenvalue weighted by atomic mass is 10.1. The van der Waals surface area contributed by atoms with Crippen molar-refractivity contribution in [3.63, 3.8) is 0 Å². The fourth-order valence-corrected chi connectivity index (χ4v) is 1.58. The molecule has 0 spiro atoms. The van der Waals surface area contributed by atoms with Crippen LogP contribution in [0.1, 0.15) is 20.7 Å². The number of hydrogen-bond donors (Lipinski definition) is 3. The highest BCUT2D eigenvalue weighted by Crippen LogP contribution is 2.07. The van der Waals surface area contributed by atoms with Crippen LogP contribution in [-0.4, -0.2) is 41.9 Å². The van der Waals surface area contributed by atoms with Crippen LogP contribution >= 0.6 is 12.6 Å². The lowest BCUT2D eigenvalue weighted by Gasteiger charge is -2.12. The monoisotopic (exact) mass is 283 g/mol. The lowest BCUT2D eigenvalue weighted by molar-refractivity contribution is -0.138. The van der Waals surface area contributed by atoms with E-state index in [-0.39, 0.29) is 16.9 Å². The van der Waals surface area contributed by atoms with Gasteiger partial charge in [-0.3, -0.25) is 4.79 Å². The Kier molecular flexibility index (Phi) is 5.37. The van der Waals surface area contributed by atoms with E-state index in [4.69, 9.17) is 5.11 Å². The molecule has 0 aliphatic heterocycles. The number of carboxylic acids is 1. The first-order chi connectivity index (χ1) is 8.99. The number of amides is 1. The zero-order valence-electron chi connectivity index (χ0n) is 10.1. The van der Waals surface area contributed by atoms with Crippen LogP contribution in [0, 0.1) is 0 Å². The summed E-state index contributed by atoms with van der Waals surface area (Å²) in [7, 11) is 1.23. The van der Waals surface area contributed by atoms with Crippen LogP contribution in [0.25, 0.3) is 0 Å². The summed E-state index contributed by atoms with van der Waals surface area (Å²) in [6, 6.07) is 4.73. The average Bonchev–Trinajstić information content (AvgIpc) is 2.43. The SMILES string of the molecule is COC(=O)c1cccc(C(=O)NC(CS)C(=O)O)c1. The molecule has 0 fully saturated rings. The Labute approximate surface area is 115 Å². The van der Waals surface area contributed by atoms with Gasteiger partial charge in [-0.25, -0.2) is 9.59 Å². The second-order valence-electron chi connectivity index (χ2n) is 3.62. The van der Waals surface area contributed by atoms with Crippen molar-refractivity contribution in [1.82, 2.24) is 5.32 Å². The smallest absolute Gasteiger partial charge is 0.337 e. The van der Waals surface area contributed by atoms with Gasteiger partial charge < -0.3 is 15.2 Å². The molecule has 0 aromatic heterocycles. The molecule has 0 aliphatic carbocycles. The zero-order chi connectivity index (χ0) is 14.4. The highest BCUT2D eigenvalue weighted by Gasteiger charge is 2.19. The number of rotatable bonds is 5. The van der Waals surface area contributed by atoms with Crippen LogP contribution in [0.4, 0.5) is 0 Å². The summed E-state index contributed by atoms with van der Waals surface area (Å²) in [4.78, 5) is 33.9. The molecule has 6 nitrogen and oxygen atoms in total. The Hall–Kier alpha value is -2.02. The number of esters is 1. The minimum Gasteiger partial charge on any atom is -0.480 e. The highest BCUT2D eigenvalue weighted by molar-refractivity contribution is 7.80. The van der Waals surface area contributed by atoms with Crippen molar-refractivity contribution in [2.75, 3.05) is 12.9 Å². The number of carbonyl (C=O) groups is 3. The molecule has 0 aliphatic rings. The zero-order valence-corrected chi connectivity index (χ0v) is 11.0. The number of methoxy groups -OCH3 is 1. The molecular weight excluding hydrogens is 270 g/mol. The van der Waals surface area contributed by atoms with Crippen molar-refractivity contribution in [1.29, 1.82) is 0 Å². The van der Waals surface area contributed by atoms with Crippen molar-refractivity contribution in [2.24, 2.45) is 0 Å². The molecule has 1 rings (SSSR count). The van der Waals surface area contributed by atoms with E-state index in [1.54, 1.807) is 0 Å². The van der Waals surface area contributed by atoms with Gasteiger partial charge in [0, 0.05) is 11.3 Å². The van der Waals surface area contributed by atoms with Crippen LogP contribution in [0.15, 0.2) is 24.3 Å². The number of carbonyl (C=O) groups excluding carboxylic acids is 2. The quantitative estimate of drug-likeness (QED) is 0.543. The number of hydrogen-bond acceptors (Lipinski definition) is 5. The largest absolute Gasteiger partial charge is 0.480 e. The summed E-state index contributed by atoms with van der Waals surface area (Å²) in [5.41, 5.74) is 0.392. The molecule has 0 saturated carbocycles. The Morgan fingerprint density at radius 3 is 2.53 bits per heavy atom. The maximum Gasteiger partial charge on any atom is 0.337 e. The van der Waals surface area contributed by atoms with Gasteiger partial charge in [-0.15, -0.1) is 0 Å². The van der Waals surface area contributed by atoms with E-state index in [2.05, 4.69) is 22.7 Å². The van der Waals surface area contributed by atoms with Gasteiger partial charge in [0.2, 0.25) is 0 Å². The van der Waals surface area contributed by atoms with E-state index in [9.17, 15) is 14.4 Å². The number of nitrogens with one attached hydrogen (secondary N) is 1. The molecule has 1 unspecified atom stereocenters. The van der Waals surface area contributed by atoms with Crippen LogP contribution in [-0.2, 0) is 9.53 Å². The number of ether oxygens (including phenoxy) is 1. The molecule has 1 aromatic carbocycles. The molecule has 0 heterocycles. The van der Waals surface area contributed by atoms with E-state index < -0.39 is 23.9 Å². The Morgan fingerprint density at radius 2 is 2.00 bits per heavy atom. The summed E-state index contributed by atoms with van der Waals surface area (Å²) >= 11 is 3.84. The van der Waals surface area contributed by atoms with Gasteiger partial charge in [0.1, 0.15) is 6.04 Å². The molecule has 2 N–H and O–H groups in total. The molecule has 19 heavy (non-hydrogen) atoms. The first kappa shape index (κ1) is 15.0. The molecule has 7 heteroatoms. The second-order valence-corrected chi connectivity index (χ2v) is 3.98. The maximum absolute atomic E-state index is 11.8. The van der Waals surface area contributed by atoms with Crippen molar-refractivity contribution in [3.05, 3.63) is 35.4 Å². The Bertz CT molecular complexity index is 503. The molecule has 0 radical (unpaired) electrons. The molecule has 1 aromatic rings. The topological polar surface area (TPSA) is 92.7 Å². The van der Waals surface area contributed by atoms with Crippen LogP contribution in [0.2, 0.25) is 0 Å². The number of carboxylic acid groups (broad SMARTS) is 1. The van der Waals surface area contributed by atoms with Crippen LogP contribution in [0.3, 0.4) is 0 Å². The number of benzene rings is 1. The third-order valence-corrected chi connectivity index (χ3v) is 2.70. The second kappa shape index (κ2) is 6.79. The Balaban J connectivity index is 2.88. The predicted octanol–water partition coefficient (Wildman–Crippen LogP) is 0.586. The van der Waals surface area contributed by atoms with Gasteiger partial charge >= 0.3 is 11.9 Å². The lowest BCUT2D eigenvalue weighted by Crippen LogP contribution is -2.42. The molecule has 0 saturated heterocycles. The summed E-state index contributed by atoms with van der Waals surface area (Å²) in [5, 5.41) is 11.1. The normalized spacial score (nSPS) is 11.5. The van der Waals surface area contributed by atoms with Crippen LogP contribution < -0.4 is 5.32 Å². The molecule has 1 atom stereocenters. The van der Waals surface area contributed by atoms with E-state index >= 15 is 0 Å². The molecule has 102 valence electrons. The van der Waals surface area contributed by atoms with Crippen LogP contribution in [0.5, 0.6) is 0 Å². The molecule has 0 bridgehead atoms. The van der Waals surface area contributed by atoms with Crippen molar-refractivity contribution < 1.29 is 24.2 Å². The molecule has 1 amide bonds. The average molecular weight is 283 g/mol. The number of aliphatic carboxylic acids is 1. The fraction of sp³-hybridized carbons (Fsp3) is 0.250. The van der Waals surface area contributed by atoms with Gasteiger partial charge in [0.25, 0.3) is 5.91 Å². The van der Waals surface area contributed by atoms with E-state index in [0.717, 1.165) is 0 Å². The minimum absolute atomic E-state index is 0.0300. The molecular formula is C12H13NO5S. The van der Waals surface area contributed by atoms with Crippen molar-refractivity contribution in [3.8, 4) is 0 Å². The Morgan fingerprint density at radius 1 is 1.37 bits per heavy atom. The number of thiol groups is 1. The summed E-state index contributed by atoms with van der Waals surface area (Å²) < 4.78 is 4.53. The van der Waals surface area contributed by atoms with Crippen molar-refractivity contribution in [2.45, 2.75) is 6.04 Å². The van der Waals surface area contributed by atoms with E-state index in [1.165, 1.54) is 31.4 Å². The summed E-state index contributed by atoms with van der Waals surface area (Å²) in [6.07, 6.45) is 0. The van der Waals surface area contributed by atoms with Gasteiger partial charge in [-0.2, -0.15) is 12.6 Å². The van der Waals surface area contributed by atoms with Gasteiger partial charge in [-0.05, 0) is 18.2 Å². The van der Waals surface area contributed by atoms with E-state index in [0.29, 0.717) is 0 Å². The van der Waals surface area contributed by atoms with E-state index in [1.807, 2.05) is 0 Å². The third kappa shape index (κ3) is 3.99. The fourth-order valence-electron chi connectivity index (χ4n) is 1.33. The summed E-state index contributed by atoms with van der Waals surface area (Å²) in [5.74, 6) is -2.36. The first-order valence-electron chi connectivity index (χ1n) is 5.32. The minimum atomic E-state index is -1.17. The van der Waals surface area contributed by atoms with Gasteiger partial charge in [-0.1, -0.05) is 6.07 Å².